The molecule has 0 radical (unpaired) electrons. The summed E-state index contributed by atoms with van der Waals surface area (Å²) in [4.78, 5) is 24.9. The van der Waals surface area contributed by atoms with Gasteiger partial charge in [-0.2, -0.15) is 0 Å². The summed E-state index contributed by atoms with van der Waals surface area (Å²) >= 11 is 0. The predicted octanol–water partition coefficient (Wildman–Crippen LogP) is 4.10. The number of amides is 2. The van der Waals surface area contributed by atoms with Crippen LogP contribution in [0.1, 0.15) is 37.7 Å². The van der Waals surface area contributed by atoms with Gasteiger partial charge in [0.15, 0.2) is 0 Å². The van der Waals surface area contributed by atoms with Crippen LogP contribution in [0.2, 0.25) is 0 Å². The van der Waals surface area contributed by atoms with Crippen molar-refractivity contribution < 1.29 is 14.1 Å². The predicted molar refractivity (Wildman–Crippen MR) is 99.5 cm³/mol. The van der Waals surface area contributed by atoms with E-state index in [1.165, 1.54) is 6.07 Å². The molecule has 0 spiro atoms. The average molecular weight is 349 g/mol. The second-order valence-corrected chi connectivity index (χ2v) is 6.09. The topological polar surface area (TPSA) is 84.2 Å². The third kappa shape index (κ3) is 3.80. The average Bonchev–Trinajstić information content (AvgIpc) is 3.05. The van der Waals surface area contributed by atoms with Crippen LogP contribution >= 0.6 is 0 Å². The fourth-order valence-corrected chi connectivity index (χ4v) is 2.46. The molecule has 1 heterocycles. The van der Waals surface area contributed by atoms with Crippen molar-refractivity contribution in [2.24, 2.45) is 0 Å². The number of rotatable bonds is 4. The Hall–Kier alpha value is -3.41. The van der Waals surface area contributed by atoms with Gasteiger partial charge >= 0.3 is 0 Å². The number of aromatic nitrogens is 1. The number of anilines is 2. The third-order valence-electron chi connectivity index (χ3n) is 4.04. The number of hydrogen-bond donors (Lipinski definition) is 2. The maximum atomic E-state index is 12.7. The number of para-hydroxylation sites is 1. The molecular weight excluding hydrogens is 330 g/mol. The molecule has 0 atom stereocenters. The Balaban J connectivity index is 1.80. The number of carbonyl (C=O) groups is 2. The largest absolute Gasteiger partial charge is 0.351 e. The van der Waals surface area contributed by atoms with Crippen molar-refractivity contribution in [2.75, 3.05) is 10.6 Å². The van der Waals surface area contributed by atoms with E-state index >= 15 is 0 Å². The Morgan fingerprint density at radius 1 is 0.885 bits per heavy atom. The van der Waals surface area contributed by atoms with Crippen molar-refractivity contribution in [3.05, 3.63) is 76.7 Å². The van der Waals surface area contributed by atoms with Crippen LogP contribution in [0.25, 0.3) is 0 Å². The maximum Gasteiger partial charge on any atom is 0.294 e. The van der Waals surface area contributed by atoms with Gasteiger partial charge in [-0.1, -0.05) is 23.4 Å². The van der Waals surface area contributed by atoms with E-state index in [0.29, 0.717) is 22.6 Å². The van der Waals surface area contributed by atoms with E-state index in [1.54, 1.807) is 31.2 Å². The van der Waals surface area contributed by atoms with Crippen LogP contribution in [0.15, 0.2) is 53.1 Å². The van der Waals surface area contributed by atoms with E-state index in [4.69, 9.17) is 4.52 Å². The highest BCUT2D eigenvalue weighted by Gasteiger charge is 2.17. The van der Waals surface area contributed by atoms with E-state index < -0.39 is 5.91 Å². The van der Waals surface area contributed by atoms with E-state index in [2.05, 4.69) is 15.8 Å². The van der Waals surface area contributed by atoms with Crippen molar-refractivity contribution in [2.45, 2.75) is 20.8 Å². The minimum Gasteiger partial charge on any atom is -0.351 e. The van der Waals surface area contributed by atoms with Gasteiger partial charge < -0.3 is 15.2 Å². The van der Waals surface area contributed by atoms with Gasteiger partial charge in [0.25, 0.3) is 11.8 Å². The first-order chi connectivity index (χ1) is 12.4. The fourth-order valence-electron chi connectivity index (χ4n) is 2.46. The van der Waals surface area contributed by atoms with Crippen LogP contribution in [0, 0.1) is 20.8 Å². The van der Waals surface area contributed by atoms with Gasteiger partial charge in [0.2, 0.25) is 5.76 Å². The maximum absolute atomic E-state index is 12.7. The Bertz CT molecular complexity index is 976. The zero-order valence-electron chi connectivity index (χ0n) is 14.8. The zero-order chi connectivity index (χ0) is 18.7. The van der Waals surface area contributed by atoms with E-state index in [-0.39, 0.29) is 11.7 Å². The van der Waals surface area contributed by atoms with Crippen molar-refractivity contribution >= 4 is 23.2 Å². The molecule has 26 heavy (non-hydrogen) atoms. The highest BCUT2D eigenvalue weighted by atomic mass is 16.5. The summed E-state index contributed by atoms with van der Waals surface area (Å²) in [5.41, 5.74) is 4.30. The molecule has 6 nitrogen and oxygen atoms in total. The van der Waals surface area contributed by atoms with Gasteiger partial charge in [-0.05, 0) is 56.2 Å². The number of nitrogens with one attached hydrogen (secondary N) is 2. The lowest BCUT2D eigenvalue weighted by molar-refractivity contribution is 0.0988. The molecule has 0 aliphatic rings. The normalized spacial score (nSPS) is 10.4. The van der Waals surface area contributed by atoms with Gasteiger partial charge in [0, 0.05) is 11.8 Å². The van der Waals surface area contributed by atoms with Gasteiger partial charge in [0.05, 0.1) is 16.9 Å². The fraction of sp³-hybridized carbons (Fsp3) is 0.150. The first-order valence-corrected chi connectivity index (χ1v) is 8.16. The second kappa shape index (κ2) is 7.23. The van der Waals surface area contributed by atoms with Crippen LogP contribution in [-0.4, -0.2) is 17.0 Å². The Kier molecular flexibility index (Phi) is 4.84. The molecule has 0 fully saturated rings. The molecule has 0 aliphatic heterocycles. The van der Waals surface area contributed by atoms with Crippen LogP contribution in [0.4, 0.5) is 11.4 Å². The standard InChI is InChI=1S/C20H19N3O3/c1-12-8-9-15(10-13(12)2)21-19(24)16-6-4-5-7-17(16)22-20(25)18-11-14(3)23-26-18/h4-11H,1-3H3,(H,21,24)(H,22,25). The number of carbonyl (C=O) groups excluding carboxylic acids is 2. The summed E-state index contributed by atoms with van der Waals surface area (Å²) in [6, 6.07) is 14.0. The summed E-state index contributed by atoms with van der Waals surface area (Å²) in [5.74, 6) is -0.679. The van der Waals surface area contributed by atoms with Crippen molar-refractivity contribution in [1.29, 1.82) is 0 Å². The zero-order valence-corrected chi connectivity index (χ0v) is 14.8. The molecule has 2 amide bonds. The summed E-state index contributed by atoms with van der Waals surface area (Å²) in [7, 11) is 0. The Labute approximate surface area is 151 Å². The van der Waals surface area contributed by atoms with Crippen LogP contribution in [0.5, 0.6) is 0 Å². The summed E-state index contributed by atoms with van der Waals surface area (Å²) in [6.45, 7) is 5.72. The van der Waals surface area contributed by atoms with Crippen molar-refractivity contribution in [3.63, 3.8) is 0 Å². The van der Waals surface area contributed by atoms with E-state index in [1.807, 2.05) is 32.0 Å². The van der Waals surface area contributed by atoms with Gasteiger partial charge in [0.1, 0.15) is 0 Å². The second-order valence-electron chi connectivity index (χ2n) is 6.09. The molecule has 2 aromatic carbocycles. The first-order valence-electron chi connectivity index (χ1n) is 8.16. The number of hydrogen-bond acceptors (Lipinski definition) is 4. The molecule has 2 N–H and O–H groups in total. The number of nitrogens with zero attached hydrogens (tertiary/aromatic N) is 1. The minimum atomic E-state index is -0.461. The molecule has 1 aromatic heterocycles. The lowest BCUT2D eigenvalue weighted by Gasteiger charge is -2.11. The highest BCUT2D eigenvalue weighted by molar-refractivity contribution is 6.12. The molecule has 0 saturated heterocycles. The van der Waals surface area contributed by atoms with Crippen molar-refractivity contribution in [1.82, 2.24) is 5.16 Å². The lowest BCUT2D eigenvalue weighted by atomic mass is 10.1. The van der Waals surface area contributed by atoms with Crippen molar-refractivity contribution in [3.8, 4) is 0 Å². The molecule has 0 saturated carbocycles. The van der Waals surface area contributed by atoms with E-state index in [9.17, 15) is 9.59 Å². The first kappa shape index (κ1) is 17.4. The molecule has 132 valence electrons. The minimum absolute atomic E-state index is 0.0897. The molecule has 6 heteroatoms. The Morgan fingerprint density at radius 2 is 1.65 bits per heavy atom. The molecule has 0 unspecified atom stereocenters. The molecule has 0 aliphatic carbocycles. The Morgan fingerprint density at radius 3 is 2.35 bits per heavy atom. The highest BCUT2D eigenvalue weighted by Crippen LogP contribution is 2.20. The van der Waals surface area contributed by atoms with Gasteiger partial charge in [-0.3, -0.25) is 9.59 Å². The monoisotopic (exact) mass is 349 g/mol. The van der Waals surface area contributed by atoms with Crippen LogP contribution in [-0.2, 0) is 0 Å². The molecular formula is C20H19N3O3. The quantitative estimate of drug-likeness (QED) is 0.742. The lowest BCUT2D eigenvalue weighted by Crippen LogP contribution is -2.18. The summed E-state index contributed by atoms with van der Waals surface area (Å²) < 4.78 is 4.96. The molecule has 0 bridgehead atoms. The molecule has 3 rings (SSSR count). The van der Waals surface area contributed by atoms with Gasteiger partial charge in [-0.25, -0.2) is 0 Å². The van der Waals surface area contributed by atoms with Gasteiger partial charge in [-0.15, -0.1) is 0 Å². The smallest absolute Gasteiger partial charge is 0.294 e. The third-order valence-corrected chi connectivity index (χ3v) is 4.04. The number of benzene rings is 2. The molecule has 3 aromatic rings. The summed E-state index contributed by atoms with van der Waals surface area (Å²) in [5, 5.41) is 9.24. The number of aryl methyl sites for hydroxylation is 3. The van der Waals surface area contributed by atoms with E-state index in [0.717, 1.165) is 11.1 Å². The van der Waals surface area contributed by atoms with Crippen LogP contribution < -0.4 is 10.6 Å². The SMILES string of the molecule is Cc1cc(C(=O)Nc2ccccc2C(=O)Nc2ccc(C)c(C)c2)on1. The van der Waals surface area contributed by atoms with Crippen LogP contribution in [0.3, 0.4) is 0 Å². The summed E-state index contributed by atoms with van der Waals surface area (Å²) in [6.07, 6.45) is 0.